The molecule has 0 aliphatic carbocycles. The van der Waals surface area contributed by atoms with Crippen molar-refractivity contribution >= 4 is 24.6 Å². The maximum absolute atomic E-state index is 12.6. The molecule has 174 valence electrons. The van der Waals surface area contributed by atoms with Gasteiger partial charge in [0.15, 0.2) is 0 Å². The fourth-order valence-electron chi connectivity index (χ4n) is 4.01. The summed E-state index contributed by atoms with van der Waals surface area (Å²) in [7, 11) is 0.466. The zero-order chi connectivity index (χ0) is 23.6. The zero-order valence-corrected chi connectivity index (χ0v) is 21.1. The number of rotatable bonds is 12. The standard InChI is InChI=1S/C26H38N2O3Si/c1-7-8-19-27-22(20-25(29)28(5)30-6)21-31-32(26(2,3)4,23-15-11-9-12-16-23)24-17-13-10-14-18-24/h7,9-18,22,27H,1,8,19-21H2,2-6H3/t22-/m0/s1. The molecule has 1 N–H and O–H groups in total. The van der Waals surface area contributed by atoms with E-state index < -0.39 is 8.32 Å². The predicted octanol–water partition coefficient (Wildman–Crippen LogP) is 3.51. The summed E-state index contributed by atoms with van der Waals surface area (Å²) in [5.74, 6) is -0.0883. The van der Waals surface area contributed by atoms with Gasteiger partial charge in [-0.1, -0.05) is 87.5 Å². The second kappa shape index (κ2) is 12.1. The van der Waals surface area contributed by atoms with Gasteiger partial charge >= 0.3 is 0 Å². The molecule has 5 nitrogen and oxygen atoms in total. The van der Waals surface area contributed by atoms with Crippen LogP contribution in [0.25, 0.3) is 0 Å². The van der Waals surface area contributed by atoms with E-state index in [1.54, 1.807) is 7.05 Å². The Hall–Kier alpha value is -2.25. The Morgan fingerprint density at radius 3 is 2.06 bits per heavy atom. The minimum Gasteiger partial charge on any atom is -0.406 e. The van der Waals surface area contributed by atoms with E-state index in [0.717, 1.165) is 13.0 Å². The van der Waals surface area contributed by atoms with Crippen LogP contribution in [0.1, 0.15) is 33.6 Å². The molecule has 0 saturated carbocycles. The SMILES string of the molecule is C=CCCN[C@H](CO[Si](c1ccccc1)(c1ccccc1)C(C)(C)C)CC(=O)N(C)OC. The van der Waals surface area contributed by atoms with Crippen molar-refractivity contribution in [1.29, 1.82) is 0 Å². The van der Waals surface area contributed by atoms with Gasteiger partial charge in [-0.05, 0) is 28.4 Å². The fourth-order valence-corrected chi connectivity index (χ4v) is 8.61. The normalized spacial score (nSPS) is 12.9. The first-order valence-electron chi connectivity index (χ1n) is 11.2. The molecule has 2 aromatic rings. The van der Waals surface area contributed by atoms with Gasteiger partial charge in [0, 0.05) is 19.5 Å². The minimum atomic E-state index is -2.66. The molecular weight excluding hydrogens is 416 g/mol. The highest BCUT2D eigenvalue weighted by Crippen LogP contribution is 2.36. The molecule has 1 atom stereocenters. The molecule has 0 aliphatic rings. The van der Waals surface area contributed by atoms with Crippen molar-refractivity contribution in [1.82, 2.24) is 10.4 Å². The third-order valence-corrected chi connectivity index (χ3v) is 10.8. The molecule has 0 aliphatic heterocycles. The first kappa shape index (κ1) is 26.0. The van der Waals surface area contributed by atoms with Gasteiger partial charge in [-0.15, -0.1) is 6.58 Å². The second-order valence-electron chi connectivity index (χ2n) is 8.98. The van der Waals surface area contributed by atoms with Crippen molar-refractivity contribution in [3.8, 4) is 0 Å². The van der Waals surface area contributed by atoms with Gasteiger partial charge in [0.05, 0.1) is 13.7 Å². The van der Waals surface area contributed by atoms with E-state index in [-0.39, 0.29) is 17.0 Å². The Kier molecular flexibility index (Phi) is 9.84. The average molecular weight is 455 g/mol. The van der Waals surface area contributed by atoms with Gasteiger partial charge in [-0.25, -0.2) is 5.06 Å². The van der Waals surface area contributed by atoms with Crippen molar-refractivity contribution in [2.45, 2.75) is 44.7 Å². The highest BCUT2D eigenvalue weighted by Gasteiger charge is 2.50. The van der Waals surface area contributed by atoms with Crippen LogP contribution in [0.2, 0.25) is 5.04 Å². The smallest absolute Gasteiger partial charge is 0.261 e. The van der Waals surface area contributed by atoms with E-state index in [4.69, 9.17) is 9.26 Å². The number of hydroxylamine groups is 2. The molecule has 0 heterocycles. The van der Waals surface area contributed by atoms with Crippen LogP contribution in [-0.2, 0) is 14.1 Å². The maximum atomic E-state index is 12.6. The highest BCUT2D eigenvalue weighted by molar-refractivity contribution is 6.99. The molecule has 32 heavy (non-hydrogen) atoms. The molecule has 0 bridgehead atoms. The number of nitrogens with zero attached hydrogens (tertiary/aromatic N) is 1. The van der Waals surface area contributed by atoms with Crippen LogP contribution in [0, 0.1) is 0 Å². The minimum absolute atomic E-state index is 0.0883. The number of carbonyl (C=O) groups excluding carboxylic acids is 1. The molecule has 2 rings (SSSR count). The summed E-state index contributed by atoms with van der Waals surface area (Å²) >= 11 is 0. The Balaban J connectivity index is 2.42. The molecule has 0 saturated heterocycles. The Morgan fingerprint density at radius 1 is 1.09 bits per heavy atom. The van der Waals surface area contributed by atoms with Gasteiger partial charge in [0.25, 0.3) is 8.32 Å². The Labute approximate surface area is 194 Å². The van der Waals surface area contributed by atoms with Crippen LogP contribution in [0.15, 0.2) is 73.3 Å². The lowest BCUT2D eigenvalue weighted by Crippen LogP contribution is -2.67. The number of hydrogen-bond acceptors (Lipinski definition) is 4. The first-order valence-corrected chi connectivity index (χ1v) is 13.1. The molecule has 0 spiro atoms. The number of benzene rings is 2. The number of carbonyl (C=O) groups is 1. The molecule has 2 aromatic carbocycles. The second-order valence-corrected chi connectivity index (χ2v) is 13.3. The highest BCUT2D eigenvalue weighted by atomic mass is 28.4. The van der Waals surface area contributed by atoms with Crippen LogP contribution in [0.4, 0.5) is 0 Å². The molecule has 0 aromatic heterocycles. The van der Waals surface area contributed by atoms with E-state index >= 15 is 0 Å². The van der Waals surface area contributed by atoms with Gasteiger partial charge in [0.1, 0.15) is 0 Å². The van der Waals surface area contributed by atoms with Crippen molar-refractivity contribution < 1.29 is 14.1 Å². The molecule has 0 unspecified atom stereocenters. The third kappa shape index (κ3) is 6.39. The van der Waals surface area contributed by atoms with Gasteiger partial charge in [-0.3, -0.25) is 9.63 Å². The quantitative estimate of drug-likeness (QED) is 0.231. The van der Waals surface area contributed by atoms with Crippen molar-refractivity contribution in [2.75, 3.05) is 27.3 Å². The van der Waals surface area contributed by atoms with Gasteiger partial charge < -0.3 is 9.74 Å². The summed E-state index contributed by atoms with van der Waals surface area (Å²) in [6.07, 6.45) is 2.99. The average Bonchev–Trinajstić information content (AvgIpc) is 2.79. The summed E-state index contributed by atoms with van der Waals surface area (Å²) < 4.78 is 7.01. The van der Waals surface area contributed by atoms with Crippen LogP contribution in [0.5, 0.6) is 0 Å². The van der Waals surface area contributed by atoms with Crippen LogP contribution in [-0.4, -0.2) is 52.6 Å². The third-order valence-electron chi connectivity index (χ3n) is 5.75. The van der Waals surface area contributed by atoms with Crippen molar-refractivity contribution in [3.05, 3.63) is 73.3 Å². The van der Waals surface area contributed by atoms with E-state index in [0.29, 0.717) is 13.0 Å². The molecule has 0 radical (unpaired) electrons. The van der Waals surface area contributed by atoms with Gasteiger partial charge in [0.2, 0.25) is 5.91 Å². The first-order chi connectivity index (χ1) is 15.3. The predicted molar refractivity (Wildman–Crippen MR) is 135 cm³/mol. The molecule has 1 amide bonds. The summed E-state index contributed by atoms with van der Waals surface area (Å²) in [5.41, 5.74) is 0. The van der Waals surface area contributed by atoms with Crippen molar-refractivity contribution in [2.24, 2.45) is 0 Å². The zero-order valence-electron chi connectivity index (χ0n) is 20.1. The summed E-state index contributed by atoms with van der Waals surface area (Å²) in [6, 6.07) is 20.9. The molecular formula is C26H38N2O3Si. The number of hydrogen-bond donors (Lipinski definition) is 1. The Morgan fingerprint density at radius 2 is 1.62 bits per heavy atom. The largest absolute Gasteiger partial charge is 0.406 e. The van der Waals surface area contributed by atoms with E-state index in [1.807, 2.05) is 18.2 Å². The topological polar surface area (TPSA) is 50.8 Å². The van der Waals surface area contributed by atoms with E-state index in [2.05, 4.69) is 81.2 Å². The summed E-state index contributed by atoms with van der Waals surface area (Å²) in [5, 5.41) is 7.08. The van der Waals surface area contributed by atoms with Crippen LogP contribution < -0.4 is 15.7 Å². The van der Waals surface area contributed by atoms with Crippen LogP contribution in [0.3, 0.4) is 0 Å². The lowest BCUT2D eigenvalue weighted by molar-refractivity contribution is -0.169. The van der Waals surface area contributed by atoms with Crippen molar-refractivity contribution in [3.63, 3.8) is 0 Å². The lowest BCUT2D eigenvalue weighted by atomic mass is 10.2. The monoisotopic (exact) mass is 454 g/mol. The fraction of sp³-hybridized carbons (Fsp3) is 0.423. The number of amides is 1. The summed E-state index contributed by atoms with van der Waals surface area (Å²) in [4.78, 5) is 17.7. The van der Waals surface area contributed by atoms with E-state index in [9.17, 15) is 4.79 Å². The van der Waals surface area contributed by atoms with Gasteiger partial charge in [-0.2, -0.15) is 0 Å². The molecule has 6 heteroatoms. The number of nitrogens with one attached hydrogen (secondary N) is 1. The molecule has 0 fully saturated rings. The van der Waals surface area contributed by atoms with E-state index in [1.165, 1.54) is 22.5 Å². The summed E-state index contributed by atoms with van der Waals surface area (Å²) in [6.45, 7) is 11.7. The lowest BCUT2D eigenvalue weighted by Gasteiger charge is -2.43. The maximum Gasteiger partial charge on any atom is 0.261 e. The Bertz CT molecular complexity index is 798. The van der Waals surface area contributed by atoms with Crippen LogP contribution >= 0.6 is 0 Å².